The highest BCUT2D eigenvalue weighted by Gasteiger charge is 2.26. The fourth-order valence-corrected chi connectivity index (χ4v) is 3.30. The Morgan fingerprint density at radius 3 is 2.87 bits per heavy atom. The van der Waals surface area contributed by atoms with Gasteiger partial charge in [-0.05, 0) is 29.8 Å². The van der Waals surface area contributed by atoms with E-state index in [9.17, 15) is 14.4 Å². The van der Waals surface area contributed by atoms with E-state index in [2.05, 4.69) is 20.6 Å². The van der Waals surface area contributed by atoms with E-state index in [0.717, 1.165) is 17.3 Å². The number of amides is 3. The van der Waals surface area contributed by atoms with E-state index < -0.39 is 23.4 Å². The Bertz CT molecular complexity index is 1120. The van der Waals surface area contributed by atoms with Gasteiger partial charge in [-0.25, -0.2) is 4.99 Å². The Morgan fingerprint density at radius 1 is 1.26 bits per heavy atom. The number of fused-ring (bicyclic) bond motifs is 1. The smallest absolute Gasteiger partial charge is 0.313 e. The molecule has 12 heteroatoms. The van der Waals surface area contributed by atoms with Crippen molar-refractivity contribution >= 4 is 46.2 Å². The number of thioether (sulfide) groups is 1. The maximum Gasteiger partial charge on any atom is 0.313 e. The van der Waals surface area contributed by atoms with E-state index in [1.54, 1.807) is 12.1 Å². The first-order chi connectivity index (χ1) is 15.0. The van der Waals surface area contributed by atoms with Crippen LogP contribution in [0.25, 0.3) is 0 Å². The summed E-state index contributed by atoms with van der Waals surface area (Å²) in [6.07, 6.45) is 1.30. The van der Waals surface area contributed by atoms with E-state index >= 15 is 0 Å². The van der Waals surface area contributed by atoms with Crippen LogP contribution in [0.2, 0.25) is 0 Å². The number of amidine groups is 2. The van der Waals surface area contributed by atoms with Crippen molar-refractivity contribution in [1.82, 2.24) is 10.6 Å². The zero-order valence-corrected chi connectivity index (χ0v) is 16.7. The molecule has 0 unspecified atom stereocenters. The number of aliphatic imine (C=N–C) groups is 2. The Balaban J connectivity index is 1.29. The normalized spacial score (nSPS) is 16.1. The molecule has 0 saturated heterocycles. The SMILES string of the molecule is N=C1N=C(SCC(=O)NCc2ccc3c(c2)OCO3)NC(=O)C1=NC(=O)c1ccco1. The van der Waals surface area contributed by atoms with Gasteiger partial charge in [0, 0.05) is 6.54 Å². The van der Waals surface area contributed by atoms with Crippen LogP contribution in [0.4, 0.5) is 0 Å². The molecule has 0 aliphatic carbocycles. The molecule has 3 N–H and O–H groups in total. The fraction of sp³-hybridized carbons (Fsp3) is 0.158. The molecular weight excluding hydrogens is 426 g/mol. The van der Waals surface area contributed by atoms with Gasteiger partial charge in [-0.1, -0.05) is 17.8 Å². The minimum absolute atomic E-state index is 0.0330. The third-order valence-corrected chi connectivity index (χ3v) is 4.96. The van der Waals surface area contributed by atoms with E-state index in [1.165, 1.54) is 18.4 Å². The first-order valence-electron chi connectivity index (χ1n) is 8.93. The van der Waals surface area contributed by atoms with Crippen molar-refractivity contribution in [2.24, 2.45) is 9.98 Å². The number of benzene rings is 1. The molecule has 0 spiro atoms. The molecule has 1 aromatic heterocycles. The third-order valence-electron chi connectivity index (χ3n) is 4.09. The summed E-state index contributed by atoms with van der Waals surface area (Å²) in [5.74, 6) is -1.14. The lowest BCUT2D eigenvalue weighted by atomic mass is 10.2. The predicted molar refractivity (Wildman–Crippen MR) is 111 cm³/mol. The number of hydrogen-bond acceptors (Lipinski definition) is 8. The second-order valence-corrected chi connectivity index (χ2v) is 7.18. The summed E-state index contributed by atoms with van der Waals surface area (Å²) in [4.78, 5) is 43.7. The monoisotopic (exact) mass is 441 g/mol. The number of furan rings is 1. The summed E-state index contributed by atoms with van der Waals surface area (Å²) in [5.41, 5.74) is 0.410. The minimum atomic E-state index is -0.797. The average molecular weight is 441 g/mol. The second kappa shape index (κ2) is 8.83. The molecule has 2 aliphatic heterocycles. The molecule has 3 amide bonds. The lowest BCUT2D eigenvalue weighted by Gasteiger charge is -2.14. The molecule has 0 radical (unpaired) electrons. The van der Waals surface area contributed by atoms with Gasteiger partial charge in [0.1, 0.15) is 0 Å². The van der Waals surface area contributed by atoms with Crippen LogP contribution in [0.3, 0.4) is 0 Å². The summed E-state index contributed by atoms with van der Waals surface area (Å²) < 4.78 is 15.4. The lowest BCUT2D eigenvalue weighted by molar-refractivity contribution is -0.118. The van der Waals surface area contributed by atoms with Crippen LogP contribution in [0.15, 0.2) is 51.0 Å². The molecule has 0 saturated carbocycles. The Morgan fingerprint density at radius 2 is 2.10 bits per heavy atom. The van der Waals surface area contributed by atoms with Gasteiger partial charge in [-0.15, -0.1) is 0 Å². The van der Waals surface area contributed by atoms with Gasteiger partial charge >= 0.3 is 5.91 Å². The van der Waals surface area contributed by atoms with Crippen LogP contribution in [-0.2, 0) is 16.1 Å². The molecule has 158 valence electrons. The number of ether oxygens (including phenoxy) is 2. The molecular formula is C19H15N5O6S. The fourth-order valence-electron chi connectivity index (χ4n) is 2.61. The molecule has 4 rings (SSSR count). The maximum atomic E-state index is 12.2. The predicted octanol–water partition coefficient (Wildman–Crippen LogP) is 1.10. The van der Waals surface area contributed by atoms with Crippen LogP contribution >= 0.6 is 11.8 Å². The average Bonchev–Trinajstić information content (AvgIpc) is 3.44. The first-order valence-corrected chi connectivity index (χ1v) is 9.91. The summed E-state index contributed by atoms with van der Waals surface area (Å²) in [6.45, 7) is 0.463. The first kappa shape index (κ1) is 20.3. The molecule has 0 bridgehead atoms. The molecule has 2 aliphatic rings. The molecule has 0 atom stereocenters. The summed E-state index contributed by atoms with van der Waals surface area (Å²) in [7, 11) is 0. The zero-order chi connectivity index (χ0) is 21.8. The van der Waals surface area contributed by atoms with E-state index in [4.69, 9.17) is 19.3 Å². The van der Waals surface area contributed by atoms with Gasteiger partial charge in [-0.3, -0.25) is 25.1 Å². The number of nitrogens with one attached hydrogen (secondary N) is 3. The third kappa shape index (κ3) is 4.80. The quantitative estimate of drug-likeness (QED) is 0.627. The van der Waals surface area contributed by atoms with Crippen molar-refractivity contribution in [3.05, 3.63) is 47.9 Å². The van der Waals surface area contributed by atoms with E-state index in [0.29, 0.717) is 11.5 Å². The minimum Gasteiger partial charge on any atom is -0.459 e. The van der Waals surface area contributed by atoms with Crippen molar-refractivity contribution in [1.29, 1.82) is 5.41 Å². The number of rotatable bonds is 5. The Hall–Kier alpha value is -3.93. The maximum absolute atomic E-state index is 12.2. The number of carbonyl (C=O) groups excluding carboxylic acids is 3. The van der Waals surface area contributed by atoms with E-state index in [-0.39, 0.29) is 35.9 Å². The van der Waals surface area contributed by atoms with Crippen LogP contribution in [0.1, 0.15) is 16.1 Å². The highest BCUT2D eigenvalue weighted by atomic mass is 32.2. The molecule has 2 aromatic rings. The standard InChI is InChI=1S/C19H15N5O6S/c20-16-15(22-17(26)12-2-1-5-28-12)18(27)24-19(23-16)31-8-14(25)21-7-10-3-4-11-13(6-10)30-9-29-11/h1-6H,7-9H2,(H,21,25)(H2,20,23,24,27). The summed E-state index contributed by atoms with van der Waals surface area (Å²) in [5, 5.41) is 13.1. The van der Waals surface area contributed by atoms with E-state index in [1.807, 2.05) is 6.07 Å². The van der Waals surface area contributed by atoms with Gasteiger partial charge in [0.2, 0.25) is 12.7 Å². The summed E-state index contributed by atoms with van der Waals surface area (Å²) in [6, 6.07) is 8.27. The highest BCUT2D eigenvalue weighted by molar-refractivity contribution is 8.14. The lowest BCUT2D eigenvalue weighted by Crippen LogP contribution is -2.44. The summed E-state index contributed by atoms with van der Waals surface area (Å²) >= 11 is 0.949. The van der Waals surface area contributed by atoms with Gasteiger partial charge < -0.3 is 19.2 Å². The van der Waals surface area contributed by atoms with Crippen molar-refractivity contribution in [2.45, 2.75) is 6.54 Å². The van der Waals surface area contributed by atoms with Gasteiger partial charge in [0.25, 0.3) is 5.91 Å². The van der Waals surface area contributed by atoms with Gasteiger partial charge in [-0.2, -0.15) is 4.99 Å². The highest BCUT2D eigenvalue weighted by Crippen LogP contribution is 2.32. The van der Waals surface area contributed by atoms with Crippen molar-refractivity contribution in [3.8, 4) is 11.5 Å². The van der Waals surface area contributed by atoms with Crippen LogP contribution < -0.4 is 20.1 Å². The number of carbonyl (C=O) groups is 3. The molecule has 1 aromatic carbocycles. The number of hydrogen-bond donors (Lipinski definition) is 3. The molecule has 11 nitrogen and oxygen atoms in total. The van der Waals surface area contributed by atoms with Crippen LogP contribution in [-0.4, -0.2) is 47.0 Å². The van der Waals surface area contributed by atoms with Crippen LogP contribution in [0, 0.1) is 5.41 Å². The molecule has 31 heavy (non-hydrogen) atoms. The largest absolute Gasteiger partial charge is 0.459 e. The van der Waals surface area contributed by atoms with Crippen LogP contribution in [0.5, 0.6) is 11.5 Å². The van der Waals surface area contributed by atoms with Crippen molar-refractivity contribution in [3.63, 3.8) is 0 Å². The second-order valence-electron chi connectivity index (χ2n) is 6.22. The molecule has 0 fully saturated rings. The topological polar surface area (TPSA) is 155 Å². The zero-order valence-electron chi connectivity index (χ0n) is 15.8. The van der Waals surface area contributed by atoms with Crippen molar-refractivity contribution < 1.29 is 28.3 Å². The van der Waals surface area contributed by atoms with Gasteiger partial charge in [0.15, 0.2) is 34.0 Å². The number of nitrogens with zero attached hydrogens (tertiary/aromatic N) is 2. The van der Waals surface area contributed by atoms with Gasteiger partial charge in [0.05, 0.1) is 12.0 Å². The Kier molecular flexibility index (Phi) is 5.80. The van der Waals surface area contributed by atoms with Crippen molar-refractivity contribution in [2.75, 3.05) is 12.5 Å². The Labute approximate surface area is 179 Å². The molecule has 3 heterocycles.